The lowest BCUT2D eigenvalue weighted by Gasteiger charge is -2.15. The van der Waals surface area contributed by atoms with Gasteiger partial charge in [0.05, 0.1) is 16.9 Å². The van der Waals surface area contributed by atoms with Crippen LogP contribution in [0.2, 0.25) is 0 Å². The van der Waals surface area contributed by atoms with Crippen LogP contribution in [0.3, 0.4) is 0 Å². The third-order valence-corrected chi connectivity index (χ3v) is 3.01. The molecule has 0 unspecified atom stereocenters. The van der Waals surface area contributed by atoms with Crippen LogP contribution in [0.1, 0.15) is 31.0 Å². The molecule has 4 nitrogen and oxygen atoms in total. The number of amides is 1. The number of nitrogens with one attached hydrogen (secondary N) is 1. The molecule has 1 aromatic carbocycles. The number of carbonyl (C=O) groups excluding carboxylic acids is 1. The van der Waals surface area contributed by atoms with Crippen molar-refractivity contribution in [1.29, 1.82) is 0 Å². The van der Waals surface area contributed by atoms with Crippen LogP contribution in [0.25, 0.3) is 5.69 Å². The summed E-state index contributed by atoms with van der Waals surface area (Å²) in [5.74, 6) is -0.0270. The summed E-state index contributed by atoms with van der Waals surface area (Å²) in [6.45, 7) is 3.50. The van der Waals surface area contributed by atoms with E-state index in [1.165, 1.54) is 18.2 Å². The molecule has 0 radical (unpaired) electrons. The smallest absolute Gasteiger partial charge is 0.311 e. The summed E-state index contributed by atoms with van der Waals surface area (Å²) < 4.78 is 40.5. The Hall–Kier alpha value is -2.31. The number of nitrogens with zero attached hydrogens (tertiary/aromatic N) is 2. The number of benzene rings is 1. The van der Waals surface area contributed by atoms with Crippen molar-refractivity contribution in [3.8, 4) is 5.69 Å². The number of rotatable bonds is 4. The minimum Gasteiger partial charge on any atom is -0.311 e. The van der Waals surface area contributed by atoms with Gasteiger partial charge in [-0.15, -0.1) is 0 Å². The molecule has 0 saturated carbocycles. The van der Waals surface area contributed by atoms with E-state index in [4.69, 9.17) is 0 Å². The first-order valence-corrected chi connectivity index (χ1v) is 6.86. The van der Waals surface area contributed by atoms with Gasteiger partial charge in [-0.05, 0) is 25.5 Å². The predicted octanol–water partition coefficient (Wildman–Crippen LogP) is 3.94. The Morgan fingerprint density at radius 1 is 1.32 bits per heavy atom. The van der Waals surface area contributed by atoms with Crippen molar-refractivity contribution in [3.63, 3.8) is 0 Å². The summed E-state index contributed by atoms with van der Waals surface area (Å²) in [6.07, 6.45) is -3.55. The Kier molecular flexibility index (Phi) is 4.54. The Morgan fingerprint density at radius 2 is 2.00 bits per heavy atom. The zero-order chi connectivity index (χ0) is 16.3. The van der Waals surface area contributed by atoms with Crippen molar-refractivity contribution in [3.05, 3.63) is 41.6 Å². The van der Waals surface area contributed by atoms with Crippen LogP contribution < -0.4 is 5.32 Å². The normalized spacial score (nSPS) is 11.5. The second kappa shape index (κ2) is 6.21. The average Bonchev–Trinajstić information content (AvgIpc) is 2.78. The maximum absolute atomic E-state index is 13.1. The number of aryl methyl sites for hydroxylation is 1. The van der Waals surface area contributed by atoms with Gasteiger partial charge in [0.1, 0.15) is 5.82 Å². The van der Waals surface area contributed by atoms with E-state index < -0.39 is 11.7 Å². The molecule has 0 atom stereocenters. The van der Waals surface area contributed by atoms with Gasteiger partial charge in [0, 0.05) is 12.5 Å². The zero-order valence-electron chi connectivity index (χ0n) is 12.2. The van der Waals surface area contributed by atoms with Crippen molar-refractivity contribution in [1.82, 2.24) is 9.78 Å². The highest BCUT2D eigenvalue weighted by atomic mass is 19.4. The molecule has 0 aliphatic heterocycles. The molecule has 1 N–H and O–H groups in total. The molecule has 0 spiro atoms. The van der Waals surface area contributed by atoms with Gasteiger partial charge in [0.25, 0.3) is 0 Å². The lowest BCUT2D eigenvalue weighted by Crippen LogP contribution is -2.17. The minimum atomic E-state index is -4.50. The van der Waals surface area contributed by atoms with Gasteiger partial charge < -0.3 is 5.32 Å². The summed E-state index contributed by atoms with van der Waals surface area (Å²) >= 11 is 0. The van der Waals surface area contributed by atoms with E-state index in [1.54, 1.807) is 13.0 Å². The molecule has 0 aliphatic rings. The summed E-state index contributed by atoms with van der Waals surface area (Å²) in [7, 11) is 0. The highest BCUT2D eigenvalue weighted by molar-refractivity contribution is 5.90. The fourth-order valence-corrected chi connectivity index (χ4v) is 2.10. The molecular formula is C15H16F3N3O. The van der Waals surface area contributed by atoms with E-state index in [1.807, 2.05) is 6.92 Å². The first-order valence-electron chi connectivity index (χ1n) is 6.86. The van der Waals surface area contributed by atoms with E-state index in [-0.39, 0.29) is 17.4 Å². The first-order chi connectivity index (χ1) is 10.3. The van der Waals surface area contributed by atoms with Crippen LogP contribution in [0.5, 0.6) is 0 Å². The third-order valence-electron chi connectivity index (χ3n) is 3.01. The lowest BCUT2D eigenvalue weighted by atomic mass is 10.1. The molecule has 2 rings (SSSR count). The summed E-state index contributed by atoms with van der Waals surface area (Å²) in [6, 6.07) is 6.67. The van der Waals surface area contributed by atoms with Crippen molar-refractivity contribution in [2.75, 3.05) is 5.32 Å². The summed E-state index contributed by atoms with van der Waals surface area (Å²) in [5, 5.41) is 6.67. The number of para-hydroxylation sites is 1. The van der Waals surface area contributed by atoms with E-state index in [9.17, 15) is 18.0 Å². The first kappa shape index (κ1) is 16.1. The quantitative estimate of drug-likeness (QED) is 0.929. The van der Waals surface area contributed by atoms with Crippen molar-refractivity contribution in [2.24, 2.45) is 0 Å². The molecule has 0 saturated heterocycles. The van der Waals surface area contributed by atoms with Crippen LogP contribution in [0, 0.1) is 6.92 Å². The van der Waals surface area contributed by atoms with Gasteiger partial charge in [0.15, 0.2) is 0 Å². The van der Waals surface area contributed by atoms with Gasteiger partial charge >= 0.3 is 6.18 Å². The van der Waals surface area contributed by atoms with Gasteiger partial charge in [-0.2, -0.15) is 18.3 Å². The van der Waals surface area contributed by atoms with Gasteiger partial charge in [-0.25, -0.2) is 4.68 Å². The topological polar surface area (TPSA) is 46.9 Å². The van der Waals surface area contributed by atoms with Crippen LogP contribution >= 0.6 is 0 Å². The maximum atomic E-state index is 13.1. The van der Waals surface area contributed by atoms with E-state index in [2.05, 4.69) is 10.4 Å². The van der Waals surface area contributed by atoms with Gasteiger partial charge in [-0.1, -0.05) is 19.1 Å². The van der Waals surface area contributed by atoms with E-state index in [0.29, 0.717) is 18.5 Å². The Morgan fingerprint density at radius 3 is 2.64 bits per heavy atom. The molecule has 0 aliphatic carbocycles. The molecule has 0 bridgehead atoms. The Balaban J connectivity index is 2.48. The minimum absolute atomic E-state index is 0.116. The Bertz CT molecular complexity index is 677. The molecule has 1 heterocycles. The van der Waals surface area contributed by atoms with Crippen molar-refractivity contribution in [2.45, 2.75) is 32.9 Å². The average molecular weight is 311 g/mol. The fourth-order valence-electron chi connectivity index (χ4n) is 2.10. The molecule has 22 heavy (non-hydrogen) atoms. The fraction of sp³-hybridized carbons (Fsp3) is 0.333. The molecule has 0 fully saturated rings. The van der Waals surface area contributed by atoms with E-state index in [0.717, 1.165) is 10.7 Å². The van der Waals surface area contributed by atoms with Gasteiger partial charge in [0.2, 0.25) is 5.91 Å². The van der Waals surface area contributed by atoms with Crippen molar-refractivity contribution < 1.29 is 18.0 Å². The standard InChI is InChI=1S/C15H16F3N3O/c1-3-6-14(22)19-13-9-10(2)20-21(13)12-8-5-4-7-11(12)15(16,17)18/h4-5,7-9H,3,6H2,1-2H3,(H,19,22). The molecule has 1 aromatic heterocycles. The number of alkyl halides is 3. The molecule has 1 amide bonds. The SMILES string of the molecule is CCCC(=O)Nc1cc(C)nn1-c1ccccc1C(F)(F)F. The second-order valence-corrected chi connectivity index (χ2v) is 4.90. The van der Waals surface area contributed by atoms with Crippen LogP contribution in [-0.4, -0.2) is 15.7 Å². The van der Waals surface area contributed by atoms with Crippen LogP contribution in [-0.2, 0) is 11.0 Å². The molecule has 2 aromatic rings. The maximum Gasteiger partial charge on any atom is 0.418 e. The van der Waals surface area contributed by atoms with Crippen LogP contribution in [0.4, 0.5) is 19.0 Å². The number of aromatic nitrogens is 2. The largest absolute Gasteiger partial charge is 0.418 e. The Labute approximate surface area is 125 Å². The third kappa shape index (κ3) is 3.47. The lowest BCUT2D eigenvalue weighted by molar-refractivity contribution is -0.137. The zero-order valence-corrected chi connectivity index (χ0v) is 12.2. The second-order valence-electron chi connectivity index (χ2n) is 4.90. The van der Waals surface area contributed by atoms with Crippen LogP contribution in [0.15, 0.2) is 30.3 Å². The highest BCUT2D eigenvalue weighted by Gasteiger charge is 2.34. The number of hydrogen-bond donors (Lipinski definition) is 1. The molecular weight excluding hydrogens is 295 g/mol. The number of carbonyl (C=O) groups is 1. The number of anilines is 1. The van der Waals surface area contributed by atoms with Gasteiger partial charge in [-0.3, -0.25) is 4.79 Å². The van der Waals surface area contributed by atoms with Crippen molar-refractivity contribution >= 4 is 11.7 Å². The molecule has 118 valence electrons. The molecule has 7 heteroatoms. The summed E-state index contributed by atoms with van der Waals surface area (Å²) in [4.78, 5) is 11.7. The predicted molar refractivity (Wildman–Crippen MR) is 76.8 cm³/mol. The number of hydrogen-bond acceptors (Lipinski definition) is 2. The number of halogens is 3. The summed E-state index contributed by atoms with van der Waals surface area (Å²) in [5.41, 5.74) is -0.400. The highest BCUT2D eigenvalue weighted by Crippen LogP contribution is 2.34. The monoisotopic (exact) mass is 311 g/mol. The van der Waals surface area contributed by atoms with E-state index >= 15 is 0 Å².